The molecule has 0 saturated heterocycles. The van der Waals surface area contributed by atoms with Gasteiger partial charge in [-0.05, 0) is 37.3 Å². The van der Waals surface area contributed by atoms with E-state index in [0.717, 1.165) is 28.4 Å². The molecule has 3 aromatic heterocycles. The maximum absolute atomic E-state index is 14.4. The van der Waals surface area contributed by atoms with Crippen LogP contribution in [0.2, 0.25) is 0 Å². The first-order valence-electron chi connectivity index (χ1n) is 7.94. The minimum atomic E-state index is -0.331. The number of hydrogen-bond donors (Lipinski definition) is 2. The van der Waals surface area contributed by atoms with E-state index in [4.69, 9.17) is 0 Å². The summed E-state index contributed by atoms with van der Waals surface area (Å²) in [6, 6.07) is 3.20. The number of thiophene rings is 1. The number of fused-ring (bicyclic) bond motifs is 4. The van der Waals surface area contributed by atoms with Crippen LogP contribution < -0.4 is 5.32 Å². The van der Waals surface area contributed by atoms with Crippen LogP contribution in [0.4, 0.5) is 15.9 Å². The fourth-order valence-corrected chi connectivity index (χ4v) is 4.60. The van der Waals surface area contributed by atoms with Crippen LogP contribution in [0.25, 0.3) is 21.1 Å². The SMILES string of the molecule is Fc1cc2[nH]ncc2cc1Nc1ncnc2sc3c(c12)CCCC3. The molecule has 0 radical (unpaired) electrons. The zero-order valence-corrected chi connectivity index (χ0v) is 13.6. The van der Waals surface area contributed by atoms with Crippen LogP contribution in [-0.2, 0) is 12.8 Å². The van der Waals surface area contributed by atoms with Gasteiger partial charge in [0.2, 0.25) is 0 Å². The van der Waals surface area contributed by atoms with Crippen molar-refractivity contribution in [3.05, 3.63) is 40.9 Å². The van der Waals surface area contributed by atoms with Crippen LogP contribution in [0.3, 0.4) is 0 Å². The number of nitrogens with one attached hydrogen (secondary N) is 2. The smallest absolute Gasteiger partial charge is 0.148 e. The highest BCUT2D eigenvalue weighted by Gasteiger charge is 2.20. The van der Waals surface area contributed by atoms with Gasteiger partial charge in [0.15, 0.2) is 0 Å². The summed E-state index contributed by atoms with van der Waals surface area (Å²) in [6.07, 6.45) is 7.78. The van der Waals surface area contributed by atoms with Gasteiger partial charge >= 0.3 is 0 Å². The maximum atomic E-state index is 14.4. The Morgan fingerprint density at radius 3 is 3.04 bits per heavy atom. The Morgan fingerprint density at radius 1 is 1.17 bits per heavy atom. The number of benzene rings is 1. The Balaban J connectivity index is 1.65. The van der Waals surface area contributed by atoms with Crippen molar-refractivity contribution in [2.45, 2.75) is 25.7 Å². The fraction of sp³-hybridized carbons (Fsp3) is 0.235. The lowest BCUT2D eigenvalue weighted by molar-refractivity contribution is 0.633. The van der Waals surface area contributed by atoms with Gasteiger partial charge < -0.3 is 5.32 Å². The minimum absolute atomic E-state index is 0.331. The molecule has 0 unspecified atom stereocenters. The number of aromatic nitrogens is 4. The predicted molar refractivity (Wildman–Crippen MR) is 93.4 cm³/mol. The Morgan fingerprint density at radius 2 is 2.08 bits per heavy atom. The van der Waals surface area contributed by atoms with Crippen LogP contribution in [0.1, 0.15) is 23.3 Å². The third-order valence-electron chi connectivity index (χ3n) is 4.53. The third-order valence-corrected chi connectivity index (χ3v) is 5.73. The second-order valence-corrected chi connectivity index (χ2v) is 7.11. The second kappa shape index (κ2) is 5.24. The largest absolute Gasteiger partial charge is 0.337 e. The number of nitrogens with zero attached hydrogens (tertiary/aromatic N) is 3. The number of rotatable bonds is 2. The molecular weight excluding hydrogens is 325 g/mol. The van der Waals surface area contributed by atoms with Crippen LogP contribution in [0.5, 0.6) is 0 Å². The average molecular weight is 339 g/mol. The predicted octanol–water partition coefficient (Wildman–Crippen LogP) is 4.33. The normalized spacial score (nSPS) is 14.2. The number of aromatic amines is 1. The lowest BCUT2D eigenvalue weighted by Gasteiger charge is -2.12. The van der Waals surface area contributed by atoms with Gasteiger partial charge in [-0.15, -0.1) is 11.3 Å². The first-order valence-corrected chi connectivity index (χ1v) is 8.76. The van der Waals surface area contributed by atoms with Gasteiger partial charge in [-0.25, -0.2) is 14.4 Å². The van der Waals surface area contributed by atoms with Crippen LogP contribution >= 0.6 is 11.3 Å². The van der Waals surface area contributed by atoms with Gasteiger partial charge in [-0.3, -0.25) is 5.10 Å². The van der Waals surface area contributed by atoms with E-state index in [-0.39, 0.29) is 5.82 Å². The van der Waals surface area contributed by atoms with Gasteiger partial charge in [0.05, 0.1) is 22.8 Å². The quantitative estimate of drug-likeness (QED) is 0.570. The van der Waals surface area contributed by atoms with Crippen LogP contribution in [-0.4, -0.2) is 20.2 Å². The molecular formula is C17H14FN5S. The molecule has 0 aliphatic heterocycles. The topological polar surface area (TPSA) is 66.5 Å². The maximum Gasteiger partial charge on any atom is 0.148 e. The lowest BCUT2D eigenvalue weighted by atomic mass is 9.97. The monoisotopic (exact) mass is 339 g/mol. The third kappa shape index (κ3) is 2.08. The van der Waals surface area contributed by atoms with Crippen molar-refractivity contribution in [3.8, 4) is 0 Å². The van der Waals surface area contributed by atoms with E-state index in [9.17, 15) is 4.39 Å². The molecule has 120 valence electrons. The molecule has 0 fully saturated rings. The Kier molecular flexibility index (Phi) is 3.02. The number of H-pyrrole nitrogens is 1. The Labute approximate surface area is 140 Å². The molecule has 4 aromatic rings. The molecule has 0 bridgehead atoms. The van der Waals surface area contributed by atoms with Gasteiger partial charge in [-0.2, -0.15) is 5.10 Å². The standard InChI is InChI=1S/C17H14FN5S/c18-11-6-12-9(7-21-23-12)5-13(11)22-16-15-10-3-1-2-4-14(10)24-17(15)20-8-19-16/h5-8H,1-4H2,(H,21,23)(H,19,20,22). The van der Waals surface area contributed by atoms with Crippen molar-refractivity contribution < 1.29 is 4.39 Å². The van der Waals surface area contributed by atoms with Crippen molar-refractivity contribution >= 4 is 44.0 Å². The van der Waals surface area contributed by atoms with E-state index < -0.39 is 0 Å². The second-order valence-electron chi connectivity index (χ2n) is 6.03. The summed E-state index contributed by atoms with van der Waals surface area (Å²) in [6.45, 7) is 0. The number of anilines is 2. The van der Waals surface area contributed by atoms with E-state index in [1.807, 2.05) is 0 Å². The lowest BCUT2D eigenvalue weighted by Crippen LogP contribution is -2.01. The van der Waals surface area contributed by atoms with E-state index >= 15 is 0 Å². The molecule has 5 rings (SSSR count). The highest BCUT2D eigenvalue weighted by molar-refractivity contribution is 7.19. The molecule has 0 saturated carbocycles. The number of aryl methyl sites for hydroxylation is 2. The van der Waals surface area contributed by atoms with Gasteiger partial charge in [0.1, 0.15) is 22.8 Å². The Bertz CT molecular complexity index is 1070. The molecule has 0 atom stereocenters. The van der Waals surface area contributed by atoms with Crippen molar-refractivity contribution in [1.29, 1.82) is 0 Å². The average Bonchev–Trinajstić information content (AvgIpc) is 3.19. The van der Waals surface area contributed by atoms with Crippen molar-refractivity contribution in [2.75, 3.05) is 5.32 Å². The van der Waals surface area contributed by atoms with E-state index in [2.05, 4.69) is 25.5 Å². The van der Waals surface area contributed by atoms with E-state index in [1.165, 1.54) is 29.3 Å². The molecule has 7 heteroatoms. The zero-order chi connectivity index (χ0) is 16.1. The highest BCUT2D eigenvalue weighted by Crippen LogP contribution is 2.39. The number of halogens is 1. The summed E-state index contributed by atoms with van der Waals surface area (Å²) in [5.74, 6) is 0.351. The Hall–Kier alpha value is -2.54. The fourth-order valence-electron chi connectivity index (χ4n) is 3.37. The van der Waals surface area contributed by atoms with Gasteiger partial charge in [-0.1, -0.05) is 0 Å². The molecule has 1 aliphatic rings. The number of hydrogen-bond acceptors (Lipinski definition) is 5. The minimum Gasteiger partial charge on any atom is -0.337 e. The van der Waals surface area contributed by atoms with Crippen molar-refractivity contribution in [2.24, 2.45) is 0 Å². The summed E-state index contributed by atoms with van der Waals surface area (Å²) in [7, 11) is 0. The molecule has 0 spiro atoms. The first-order chi connectivity index (χ1) is 11.8. The van der Waals surface area contributed by atoms with Crippen LogP contribution in [0.15, 0.2) is 24.7 Å². The molecule has 24 heavy (non-hydrogen) atoms. The summed E-state index contributed by atoms with van der Waals surface area (Å²) in [5.41, 5.74) is 2.41. The first kappa shape index (κ1) is 13.9. The molecule has 0 amide bonds. The molecule has 1 aliphatic carbocycles. The van der Waals surface area contributed by atoms with Crippen molar-refractivity contribution in [3.63, 3.8) is 0 Å². The van der Waals surface area contributed by atoms with Gasteiger partial charge in [0, 0.05) is 16.3 Å². The van der Waals surface area contributed by atoms with Crippen molar-refractivity contribution in [1.82, 2.24) is 20.2 Å². The molecule has 2 N–H and O–H groups in total. The molecule has 3 heterocycles. The summed E-state index contributed by atoms with van der Waals surface area (Å²) >= 11 is 1.73. The highest BCUT2D eigenvalue weighted by atomic mass is 32.1. The summed E-state index contributed by atoms with van der Waals surface area (Å²) < 4.78 is 14.4. The van der Waals surface area contributed by atoms with E-state index in [1.54, 1.807) is 29.9 Å². The molecule has 5 nitrogen and oxygen atoms in total. The zero-order valence-electron chi connectivity index (χ0n) is 12.8. The van der Waals surface area contributed by atoms with Gasteiger partial charge in [0.25, 0.3) is 0 Å². The van der Waals surface area contributed by atoms with Crippen LogP contribution in [0, 0.1) is 5.82 Å². The summed E-state index contributed by atoms with van der Waals surface area (Å²) in [5, 5.41) is 11.8. The summed E-state index contributed by atoms with van der Waals surface area (Å²) in [4.78, 5) is 11.2. The van der Waals surface area contributed by atoms with E-state index in [0.29, 0.717) is 17.0 Å². The molecule has 1 aromatic carbocycles.